The van der Waals surface area contributed by atoms with Crippen molar-refractivity contribution in [1.82, 2.24) is 30.4 Å². The van der Waals surface area contributed by atoms with E-state index in [-0.39, 0.29) is 6.54 Å². The van der Waals surface area contributed by atoms with Crippen molar-refractivity contribution in [2.24, 2.45) is 0 Å². The fourth-order valence-corrected chi connectivity index (χ4v) is 2.65. The summed E-state index contributed by atoms with van der Waals surface area (Å²) >= 11 is 3.47. The predicted octanol–water partition coefficient (Wildman–Crippen LogP) is 3.20. The molecule has 0 spiro atoms. The molecule has 4 rings (SSSR count). The van der Waals surface area contributed by atoms with E-state index in [4.69, 9.17) is 4.42 Å². The van der Waals surface area contributed by atoms with Crippen molar-refractivity contribution < 1.29 is 4.42 Å². The Morgan fingerprint density at radius 3 is 2.54 bits per heavy atom. The van der Waals surface area contributed by atoms with Gasteiger partial charge in [0.2, 0.25) is 17.6 Å². The Morgan fingerprint density at radius 1 is 0.917 bits per heavy atom. The van der Waals surface area contributed by atoms with Gasteiger partial charge in [-0.1, -0.05) is 42.5 Å². The van der Waals surface area contributed by atoms with E-state index >= 15 is 0 Å². The van der Waals surface area contributed by atoms with E-state index in [2.05, 4.69) is 41.5 Å². The van der Waals surface area contributed by atoms with Gasteiger partial charge in [-0.15, -0.1) is 20.4 Å². The lowest BCUT2D eigenvalue weighted by Crippen LogP contribution is -2.04. The summed E-state index contributed by atoms with van der Waals surface area (Å²) in [7, 11) is 0. The average molecular weight is 383 g/mol. The monoisotopic (exact) mass is 382 g/mol. The molecule has 0 unspecified atom stereocenters. The van der Waals surface area contributed by atoms with Crippen LogP contribution < -0.4 is 0 Å². The van der Waals surface area contributed by atoms with Gasteiger partial charge in [0.05, 0.1) is 5.56 Å². The molecule has 0 saturated heterocycles. The van der Waals surface area contributed by atoms with E-state index < -0.39 is 0 Å². The third kappa shape index (κ3) is 2.95. The van der Waals surface area contributed by atoms with Crippen LogP contribution in [-0.4, -0.2) is 30.4 Å². The second kappa shape index (κ2) is 6.32. The lowest BCUT2D eigenvalue weighted by molar-refractivity contribution is 0.446. The zero-order chi connectivity index (χ0) is 16.4. The van der Waals surface area contributed by atoms with Crippen LogP contribution in [0.4, 0.5) is 0 Å². The van der Waals surface area contributed by atoms with Crippen molar-refractivity contribution >= 4 is 15.9 Å². The molecule has 0 atom stereocenters. The first-order chi connectivity index (χ1) is 11.8. The first kappa shape index (κ1) is 14.7. The van der Waals surface area contributed by atoms with Crippen LogP contribution in [0.1, 0.15) is 5.89 Å². The normalized spacial score (nSPS) is 10.9. The van der Waals surface area contributed by atoms with Gasteiger partial charge in [0.1, 0.15) is 6.54 Å². The second-order valence-electron chi connectivity index (χ2n) is 4.99. The zero-order valence-electron chi connectivity index (χ0n) is 12.4. The number of benzene rings is 2. The molecule has 0 aliphatic carbocycles. The van der Waals surface area contributed by atoms with Crippen LogP contribution in [0, 0.1) is 0 Å². The summed E-state index contributed by atoms with van der Waals surface area (Å²) < 4.78 is 6.58. The Balaban J connectivity index is 1.55. The number of halogens is 1. The molecule has 7 nitrogen and oxygen atoms in total. The Hall–Kier alpha value is -2.87. The fourth-order valence-electron chi connectivity index (χ4n) is 2.19. The Labute approximate surface area is 145 Å². The van der Waals surface area contributed by atoms with E-state index in [9.17, 15) is 0 Å². The largest absolute Gasteiger partial charge is 0.419 e. The molecule has 24 heavy (non-hydrogen) atoms. The van der Waals surface area contributed by atoms with Crippen LogP contribution in [0.3, 0.4) is 0 Å². The molecular formula is C16H11BrN6O. The van der Waals surface area contributed by atoms with Crippen molar-refractivity contribution in [2.45, 2.75) is 6.54 Å². The van der Waals surface area contributed by atoms with Gasteiger partial charge in [0.25, 0.3) is 0 Å². The molecule has 0 aliphatic heterocycles. The van der Waals surface area contributed by atoms with E-state index in [1.165, 1.54) is 4.80 Å². The van der Waals surface area contributed by atoms with Crippen LogP contribution in [-0.2, 0) is 6.54 Å². The average Bonchev–Trinajstić information content (AvgIpc) is 3.26. The first-order valence-electron chi connectivity index (χ1n) is 7.20. The van der Waals surface area contributed by atoms with Crippen LogP contribution >= 0.6 is 15.9 Å². The van der Waals surface area contributed by atoms with Crippen molar-refractivity contribution in [1.29, 1.82) is 0 Å². The lowest BCUT2D eigenvalue weighted by atomic mass is 10.2. The molecule has 0 N–H and O–H groups in total. The van der Waals surface area contributed by atoms with Gasteiger partial charge in [-0.05, 0) is 33.3 Å². The van der Waals surface area contributed by atoms with Gasteiger partial charge in [-0.3, -0.25) is 0 Å². The van der Waals surface area contributed by atoms with Gasteiger partial charge < -0.3 is 4.42 Å². The van der Waals surface area contributed by atoms with E-state index in [1.54, 1.807) is 0 Å². The molecular weight excluding hydrogens is 372 g/mol. The lowest BCUT2D eigenvalue weighted by Gasteiger charge is -1.97. The van der Waals surface area contributed by atoms with Crippen LogP contribution in [0.5, 0.6) is 0 Å². The number of nitrogens with zero attached hydrogens (tertiary/aromatic N) is 6. The molecule has 118 valence electrons. The highest BCUT2D eigenvalue weighted by Crippen LogP contribution is 2.26. The smallest absolute Gasteiger partial charge is 0.248 e. The van der Waals surface area contributed by atoms with Gasteiger partial charge in [-0.2, -0.15) is 4.80 Å². The number of hydrogen-bond donors (Lipinski definition) is 0. The highest BCUT2D eigenvalue weighted by molar-refractivity contribution is 9.10. The molecule has 2 aromatic heterocycles. The van der Waals surface area contributed by atoms with Crippen LogP contribution in [0.25, 0.3) is 22.8 Å². The van der Waals surface area contributed by atoms with Crippen LogP contribution in [0.15, 0.2) is 63.5 Å². The van der Waals surface area contributed by atoms with Gasteiger partial charge in [0, 0.05) is 10.0 Å². The Bertz CT molecular complexity index is 965. The molecule has 0 amide bonds. The number of hydrogen-bond acceptors (Lipinski definition) is 6. The number of rotatable bonds is 4. The number of aromatic nitrogens is 6. The van der Waals surface area contributed by atoms with E-state index in [0.717, 1.165) is 15.6 Å². The van der Waals surface area contributed by atoms with Gasteiger partial charge in [0.15, 0.2) is 0 Å². The maximum absolute atomic E-state index is 5.69. The molecule has 4 aromatic rings. The highest BCUT2D eigenvalue weighted by atomic mass is 79.9. The zero-order valence-corrected chi connectivity index (χ0v) is 14.0. The summed E-state index contributed by atoms with van der Waals surface area (Å²) in [4.78, 5) is 1.43. The van der Waals surface area contributed by atoms with E-state index in [0.29, 0.717) is 17.6 Å². The Morgan fingerprint density at radius 2 is 1.71 bits per heavy atom. The molecule has 8 heteroatoms. The first-order valence-corrected chi connectivity index (χ1v) is 7.99. The minimum Gasteiger partial charge on any atom is -0.419 e. The standard InChI is InChI=1S/C16H11BrN6O/c17-13-9-5-4-8-12(13)16-20-18-14(24-16)10-23-21-15(19-22-23)11-6-2-1-3-7-11/h1-9H,10H2. The quantitative estimate of drug-likeness (QED) is 0.538. The Kier molecular flexibility index (Phi) is 3.87. The van der Waals surface area contributed by atoms with Crippen molar-refractivity contribution in [3.63, 3.8) is 0 Å². The van der Waals surface area contributed by atoms with Crippen molar-refractivity contribution in [3.05, 3.63) is 65.0 Å². The van der Waals surface area contributed by atoms with Gasteiger partial charge >= 0.3 is 0 Å². The maximum Gasteiger partial charge on any atom is 0.248 e. The minimum absolute atomic E-state index is 0.261. The topological polar surface area (TPSA) is 82.5 Å². The van der Waals surface area contributed by atoms with Crippen LogP contribution in [0.2, 0.25) is 0 Å². The molecule has 2 aromatic carbocycles. The maximum atomic E-state index is 5.69. The summed E-state index contributed by atoms with van der Waals surface area (Å²) in [5.74, 6) is 1.42. The third-order valence-electron chi connectivity index (χ3n) is 3.33. The summed E-state index contributed by atoms with van der Waals surface area (Å²) in [5.41, 5.74) is 1.75. The SMILES string of the molecule is Brc1ccccc1-c1nnc(Cn2nnc(-c3ccccc3)n2)o1. The molecule has 0 aliphatic rings. The predicted molar refractivity (Wildman–Crippen MR) is 89.8 cm³/mol. The third-order valence-corrected chi connectivity index (χ3v) is 4.02. The van der Waals surface area contributed by atoms with E-state index in [1.807, 2.05) is 54.6 Å². The summed E-state index contributed by atoms with van der Waals surface area (Å²) in [6, 6.07) is 17.3. The molecule has 0 fully saturated rings. The second-order valence-corrected chi connectivity index (χ2v) is 5.84. The van der Waals surface area contributed by atoms with Gasteiger partial charge in [-0.25, -0.2) is 0 Å². The van der Waals surface area contributed by atoms with Crippen molar-refractivity contribution in [3.8, 4) is 22.8 Å². The summed E-state index contributed by atoms with van der Waals surface area (Å²) in [6.45, 7) is 0.261. The molecule has 0 radical (unpaired) electrons. The molecule has 2 heterocycles. The minimum atomic E-state index is 0.261. The summed E-state index contributed by atoms with van der Waals surface area (Å²) in [5, 5.41) is 20.5. The van der Waals surface area contributed by atoms with Crippen molar-refractivity contribution in [2.75, 3.05) is 0 Å². The summed E-state index contributed by atoms with van der Waals surface area (Å²) in [6.07, 6.45) is 0. The molecule has 0 saturated carbocycles. The molecule has 0 bridgehead atoms. The number of tetrazole rings is 1. The fraction of sp³-hybridized carbons (Fsp3) is 0.0625. The highest BCUT2D eigenvalue weighted by Gasteiger charge is 2.13.